The van der Waals surface area contributed by atoms with Crippen molar-refractivity contribution in [3.05, 3.63) is 11.8 Å². The lowest BCUT2D eigenvalue weighted by molar-refractivity contribution is 0.306. The number of sulfonamides is 2. The molecule has 0 radical (unpaired) electrons. The van der Waals surface area contributed by atoms with Crippen molar-refractivity contribution in [2.24, 2.45) is 7.05 Å². The maximum Gasteiger partial charge on any atom is 0.260 e. The molecule has 0 spiro atoms. The SMILES string of the molecule is CCS(=O)(=O)NC1CCN(S(=O)(=O)c2c(C)cnn2C)CC1. The van der Waals surface area contributed by atoms with Gasteiger partial charge in [0.1, 0.15) is 0 Å². The first kappa shape index (κ1) is 17.4. The van der Waals surface area contributed by atoms with Crippen LogP contribution in [0.3, 0.4) is 0 Å². The summed E-state index contributed by atoms with van der Waals surface area (Å²) in [5, 5.41) is 4.17. The molecule has 8 nitrogen and oxygen atoms in total. The minimum Gasteiger partial charge on any atom is -0.256 e. The van der Waals surface area contributed by atoms with Gasteiger partial charge in [-0.1, -0.05) is 0 Å². The molecule has 2 heterocycles. The highest BCUT2D eigenvalue weighted by atomic mass is 32.2. The van der Waals surface area contributed by atoms with Gasteiger partial charge in [0, 0.05) is 31.7 Å². The number of nitrogens with one attached hydrogen (secondary N) is 1. The first-order chi connectivity index (χ1) is 10.2. The van der Waals surface area contributed by atoms with E-state index in [1.165, 1.54) is 15.2 Å². The molecule has 0 aromatic carbocycles. The Morgan fingerprint density at radius 2 is 1.86 bits per heavy atom. The lowest BCUT2D eigenvalue weighted by Gasteiger charge is -2.31. The van der Waals surface area contributed by atoms with Gasteiger partial charge in [-0.05, 0) is 26.7 Å². The summed E-state index contributed by atoms with van der Waals surface area (Å²) in [7, 11) is -5.26. The summed E-state index contributed by atoms with van der Waals surface area (Å²) in [6.45, 7) is 3.88. The Kier molecular flexibility index (Phi) is 4.95. The number of piperidine rings is 1. The Balaban J connectivity index is 2.09. The average Bonchev–Trinajstić information content (AvgIpc) is 2.79. The van der Waals surface area contributed by atoms with E-state index in [9.17, 15) is 16.8 Å². The van der Waals surface area contributed by atoms with E-state index in [4.69, 9.17) is 0 Å². The number of hydrogen-bond donors (Lipinski definition) is 1. The lowest BCUT2D eigenvalue weighted by atomic mass is 10.1. The third-order valence-corrected chi connectivity index (χ3v) is 7.39. The molecule has 1 aromatic rings. The molecule has 126 valence electrons. The number of hydrogen-bond acceptors (Lipinski definition) is 5. The van der Waals surface area contributed by atoms with Crippen LogP contribution < -0.4 is 4.72 Å². The van der Waals surface area contributed by atoms with Gasteiger partial charge >= 0.3 is 0 Å². The molecule has 1 fully saturated rings. The molecule has 0 atom stereocenters. The van der Waals surface area contributed by atoms with Crippen molar-refractivity contribution < 1.29 is 16.8 Å². The van der Waals surface area contributed by atoms with Crippen LogP contribution in [0.1, 0.15) is 25.3 Å². The zero-order valence-corrected chi connectivity index (χ0v) is 14.6. The zero-order valence-electron chi connectivity index (χ0n) is 13.0. The highest BCUT2D eigenvalue weighted by Gasteiger charge is 2.33. The smallest absolute Gasteiger partial charge is 0.256 e. The van der Waals surface area contributed by atoms with E-state index in [1.807, 2.05) is 0 Å². The van der Waals surface area contributed by atoms with Gasteiger partial charge < -0.3 is 0 Å². The van der Waals surface area contributed by atoms with Gasteiger partial charge in [0.2, 0.25) is 10.0 Å². The van der Waals surface area contributed by atoms with Crippen LogP contribution in [0.15, 0.2) is 11.2 Å². The molecule has 0 unspecified atom stereocenters. The van der Waals surface area contributed by atoms with Gasteiger partial charge in [-0.2, -0.15) is 9.40 Å². The molecule has 1 saturated heterocycles. The van der Waals surface area contributed by atoms with Crippen molar-refractivity contribution in [1.29, 1.82) is 0 Å². The number of aromatic nitrogens is 2. The fourth-order valence-electron chi connectivity index (χ4n) is 2.58. The summed E-state index contributed by atoms with van der Waals surface area (Å²) in [6, 6.07) is -0.205. The Hall–Kier alpha value is -0.970. The van der Waals surface area contributed by atoms with E-state index < -0.39 is 20.0 Å². The van der Waals surface area contributed by atoms with Crippen LogP contribution in [0.2, 0.25) is 0 Å². The second-order valence-electron chi connectivity index (χ2n) is 5.46. The topological polar surface area (TPSA) is 101 Å². The molecule has 0 saturated carbocycles. The van der Waals surface area contributed by atoms with Gasteiger partial charge in [0.05, 0.1) is 11.9 Å². The van der Waals surface area contributed by atoms with E-state index in [2.05, 4.69) is 9.82 Å². The van der Waals surface area contributed by atoms with E-state index in [1.54, 1.807) is 20.9 Å². The average molecular weight is 350 g/mol. The standard InChI is InChI=1S/C12H22N4O4S2/c1-4-21(17,18)14-11-5-7-16(8-6-11)22(19,20)12-10(2)9-13-15(12)3/h9,11,14H,4-8H2,1-3H3. The molecule has 2 rings (SSSR count). The Morgan fingerprint density at radius 1 is 1.27 bits per heavy atom. The van der Waals surface area contributed by atoms with Gasteiger partial charge in [-0.25, -0.2) is 21.6 Å². The monoisotopic (exact) mass is 350 g/mol. The van der Waals surface area contributed by atoms with E-state index >= 15 is 0 Å². The van der Waals surface area contributed by atoms with Crippen LogP contribution in [0.25, 0.3) is 0 Å². The molecule has 0 aliphatic carbocycles. The molecule has 0 bridgehead atoms. The van der Waals surface area contributed by atoms with Crippen molar-refractivity contribution >= 4 is 20.0 Å². The van der Waals surface area contributed by atoms with Crippen molar-refractivity contribution in [2.45, 2.75) is 37.8 Å². The number of rotatable bonds is 5. The van der Waals surface area contributed by atoms with E-state index in [0.29, 0.717) is 31.5 Å². The highest BCUT2D eigenvalue weighted by molar-refractivity contribution is 7.89. The van der Waals surface area contributed by atoms with Crippen LogP contribution in [-0.2, 0) is 27.1 Å². The molecule has 1 N–H and O–H groups in total. The quantitative estimate of drug-likeness (QED) is 0.794. The molecule has 1 aliphatic heterocycles. The Morgan fingerprint density at radius 3 is 2.32 bits per heavy atom. The second kappa shape index (κ2) is 6.26. The van der Waals surface area contributed by atoms with E-state index in [0.717, 1.165) is 0 Å². The largest absolute Gasteiger partial charge is 0.260 e. The number of aryl methyl sites for hydroxylation is 2. The highest BCUT2D eigenvalue weighted by Crippen LogP contribution is 2.23. The first-order valence-electron chi connectivity index (χ1n) is 7.16. The third kappa shape index (κ3) is 3.50. The second-order valence-corrected chi connectivity index (χ2v) is 9.35. The minimum absolute atomic E-state index is 0.0275. The normalized spacial score (nSPS) is 18.7. The van der Waals surface area contributed by atoms with Crippen LogP contribution in [0.5, 0.6) is 0 Å². The summed E-state index contributed by atoms with van der Waals surface area (Å²) in [6.07, 6.45) is 2.46. The summed E-state index contributed by atoms with van der Waals surface area (Å²) < 4.78 is 53.8. The maximum absolute atomic E-state index is 12.7. The third-order valence-electron chi connectivity index (χ3n) is 3.82. The van der Waals surface area contributed by atoms with Crippen molar-refractivity contribution in [1.82, 2.24) is 18.8 Å². The molecular weight excluding hydrogens is 328 g/mol. The molecule has 1 aliphatic rings. The molecule has 10 heteroatoms. The van der Waals surface area contributed by atoms with Gasteiger partial charge in [0.25, 0.3) is 10.0 Å². The molecule has 1 aromatic heterocycles. The molecular formula is C12H22N4O4S2. The minimum atomic E-state index is -3.60. The van der Waals surface area contributed by atoms with Gasteiger partial charge in [-0.3, -0.25) is 4.68 Å². The fourth-order valence-corrected chi connectivity index (χ4v) is 5.27. The summed E-state index contributed by atoms with van der Waals surface area (Å²) in [5.74, 6) is 0.0275. The van der Waals surface area contributed by atoms with Crippen molar-refractivity contribution in [2.75, 3.05) is 18.8 Å². The van der Waals surface area contributed by atoms with Gasteiger partial charge in [0.15, 0.2) is 5.03 Å². The van der Waals surface area contributed by atoms with Gasteiger partial charge in [-0.15, -0.1) is 0 Å². The predicted octanol–water partition coefficient (Wildman–Crippen LogP) is -0.179. The van der Waals surface area contributed by atoms with Crippen molar-refractivity contribution in [3.63, 3.8) is 0 Å². The molecule has 0 amide bonds. The summed E-state index contributed by atoms with van der Waals surface area (Å²) in [5.41, 5.74) is 0.608. The first-order valence-corrected chi connectivity index (χ1v) is 10.3. The Bertz CT molecular complexity index is 712. The fraction of sp³-hybridized carbons (Fsp3) is 0.750. The van der Waals surface area contributed by atoms with E-state index in [-0.39, 0.29) is 16.8 Å². The van der Waals surface area contributed by atoms with Crippen LogP contribution in [0.4, 0.5) is 0 Å². The van der Waals surface area contributed by atoms with Crippen LogP contribution in [-0.4, -0.2) is 55.8 Å². The molecule has 22 heavy (non-hydrogen) atoms. The zero-order chi connectivity index (χ0) is 16.5. The number of nitrogens with zero attached hydrogens (tertiary/aromatic N) is 3. The Labute approximate surface area is 131 Å². The van der Waals surface area contributed by atoms with Crippen molar-refractivity contribution in [3.8, 4) is 0 Å². The van der Waals surface area contributed by atoms with Crippen LogP contribution >= 0.6 is 0 Å². The predicted molar refractivity (Wildman–Crippen MR) is 82.3 cm³/mol. The summed E-state index contributed by atoms with van der Waals surface area (Å²) in [4.78, 5) is 0. The maximum atomic E-state index is 12.7. The summed E-state index contributed by atoms with van der Waals surface area (Å²) >= 11 is 0. The lowest BCUT2D eigenvalue weighted by Crippen LogP contribution is -2.47. The van der Waals surface area contributed by atoms with Crippen LogP contribution in [0, 0.1) is 6.92 Å².